The Labute approximate surface area is 164 Å². The van der Waals surface area contributed by atoms with Crippen molar-refractivity contribution in [2.75, 3.05) is 0 Å². The molecule has 2 aromatic heterocycles. The van der Waals surface area contributed by atoms with Crippen LogP contribution in [0.5, 0.6) is 0 Å². The molecule has 2 heterocycles. The van der Waals surface area contributed by atoms with Gasteiger partial charge in [-0.25, -0.2) is 15.0 Å². The molecule has 1 N–H and O–H groups in total. The molecule has 28 heavy (non-hydrogen) atoms. The van der Waals surface area contributed by atoms with E-state index in [9.17, 15) is 4.79 Å². The normalized spacial score (nSPS) is 15.9. The van der Waals surface area contributed by atoms with Crippen LogP contribution in [0, 0.1) is 13.8 Å². The number of nitrogens with zero attached hydrogens (tertiary/aromatic N) is 3. The number of hydrogen-bond donors (Lipinski definition) is 1. The zero-order chi connectivity index (χ0) is 19.5. The van der Waals surface area contributed by atoms with Crippen LogP contribution in [-0.4, -0.2) is 20.9 Å². The molecule has 0 saturated carbocycles. The average molecular weight is 376 g/mol. The lowest BCUT2D eigenvalue weighted by atomic mass is 9.92. The zero-order valence-corrected chi connectivity index (χ0v) is 16.2. The van der Waals surface area contributed by atoms with E-state index in [0.29, 0.717) is 18.7 Å². The minimum Gasteiger partial charge on any atom is -0.441 e. The fraction of sp³-hybridized carbons (Fsp3) is 0.364. The maximum absolute atomic E-state index is 12.5. The molecular formula is C22H24N4O2. The van der Waals surface area contributed by atoms with Crippen LogP contribution in [0.4, 0.5) is 0 Å². The highest BCUT2D eigenvalue weighted by Gasteiger charge is 2.23. The van der Waals surface area contributed by atoms with Gasteiger partial charge in [0.1, 0.15) is 5.82 Å². The Morgan fingerprint density at radius 2 is 2.00 bits per heavy atom. The van der Waals surface area contributed by atoms with Gasteiger partial charge in [0.25, 0.3) is 0 Å². The van der Waals surface area contributed by atoms with Crippen molar-refractivity contribution in [3.05, 3.63) is 65.2 Å². The van der Waals surface area contributed by atoms with Crippen molar-refractivity contribution >= 4 is 5.91 Å². The lowest BCUT2D eigenvalue weighted by molar-refractivity contribution is -0.122. The Hall–Kier alpha value is -3.02. The van der Waals surface area contributed by atoms with E-state index in [1.807, 2.05) is 44.3 Å². The minimum absolute atomic E-state index is 0.00601. The Morgan fingerprint density at radius 1 is 1.18 bits per heavy atom. The molecule has 1 aromatic carbocycles. The van der Waals surface area contributed by atoms with E-state index in [4.69, 9.17) is 4.42 Å². The summed E-state index contributed by atoms with van der Waals surface area (Å²) in [5.41, 5.74) is 4.29. The van der Waals surface area contributed by atoms with Crippen molar-refractivity contribution in [1.29, 1.82) is 0 Å². The number of oxazole rings is 1. The van der Waals surface area contributed by atoms with E-state index in [2.05, 4.69) is 20.3 Å². The van der Waals surface area contributed by atoms with Crippen molar-refractivity contribution in [1.82, 2.24) is 20.3 Å². The van der Waals surface area contributed by atoms with Gasteiger partial charge in [-0.3, -0.25) is 4.79 Å². The third-order valence-electron chi connectivity index (χ3n) is 5.09. The summed E-state index contributed by atoms with van der Waals surface area (Å²) in [6.07, 6.45) is 7.27. The molecule has 6 heteroatoms. The van der Waals surface area contributed by atoms with E-state index in [1.165, 1.54) is 5.56 Å². The third-order valence-corrected chi connectivity index (χ3v) is 5.09. The molecule has 6 nitrogen and oxygen atoms in total. The van der Waals surface area contributed by atoms with Crippen molar-refractivity contribution in [2.24, 2.45) is 0 Å². The summed E-state index contributed by atoms with van der Waals surface area (Å²) in [6.45, 7) is 3.94. The molecule has 0 radical (unpaired) electrons. The Kier molecular flexibility index (Phi) is 5.19. The van der Waals surface area contributed by atoms with Crippen LogP contribution in [-0.2, 0) is 17.6 Å². The van der Waals surface area contributed by atoms with Crippen LogP contribution in [0.2, 0.25) is 0 Å². The van der Waals surface area contributed by atoms with Gasteiger partial charge < -0.3 is 9.73 Å². The van der Waals surface area contributed by atoms with Crippen LogP contribution >= 0.6 is 0 Å². The smallest absolute Gasteiger partial charge is 0.220 e. The average Bonchev–Trinajstić information content (AvgIpc) is 3.16. The van der Waals surface area contributed by atoms with Gasteiger partial charge in [-0.1, -0.05) is 29.8 Å². The summed E-state index contributed by atoms with van der Waals surface area (Å²) in [5, 5.41) is 3.12. The first-order valence-corrected chi connectivity index (χ1v) is 9.72. The largest absolute Gasteiger partial charge is 0.441 e. The Bertz CT molecular complexity index is 978. The van der Waals surface area contributed by atoms with Gasteiger partial charge in [0.2, 0.25) is 5.91 Å². The van der Waals surface area contributed by atoms with Crippen LogP contribution in [0.25, 0.3) is 11.3 Å². The molecule has 3 aromatic rings. The summed E-state index contributed by atoms with van der Waals surface area (Å²) >= 11 is 0. The maximum Gasteiger partial charge on any atom is 0.220 e. The lowest BCUT2D eigenvalue weighted by Gasteiger charge is -2.25. The van der Waals surface area contributed by atoms with Gasteiger partial charge in [0, 0.05) is 35.9 Å². The van der Waals surface area contributed by atoms with Crippen LogP contribution < -0.4 is 5.32 Å². The molecule has 1 unspecified atom stereocenters. The molecule has 1 amide bonds. The predicted molar refractivity (Wildman–Crippen MR) is 106 cm³/mol. The van der Waals surface area contributed by atoms with E-state index < -0.39 is 0 Å². The monoisotopic (exact) mass is 376 g/mol. The first kappa shape index (κ1) is 18.3. The second-order valence-corrected chi connectivity index (χ2v) is 7.32. The molecule has 0 bridgehead atoms. The van der Waals surface area contributed by atoms with E-state index in [-0.39, 0.29) is 11.9 Å². The van der Waals surface area contributed by atoms with Gasteiger partial charge in [0.15, 0.2) is 11.7 Å². The summed E-state index contributed by atoms with van der Waals surface area (Å²) < 4.78 is 5.81. The van der Waals surface area contributed by atoms with Crippen molar-refractivity contribution in [3.8, 4) is 11.3 Å². The number of benzene rings is 1. The number of rotatable bonds is 5. The SMILES string of the molecule is Cc1ccc(-c2cnc(CCC(=O)NC3CCCc4nc(C)ncc43)o2)cc1. The molecule has 144 valence electrons. The highest BCUT2D eigenvalue weighted by molar-refractivity contribution is 5.76. The predicted octanol–water partition coefficient (Wildman–Crippen LogP) is 3.87. The third kappa shape index (κ3) is 4.11. The van der Waals surface area contributed by atoms with E-state index in [0.717, 1.165) is 47.7 Å². The highest BCUT2D eigenvalue weighted by atomic mass is 16.4. The number of aryl methyl sites for hydroxylation is 4. The van der Waals surface area contributed by atoms with Crippen molar-refractivity contribution in [2.45, 2.75) is 52.0 Å². The van der Waals surface area contributed by atoms with Gasteiger partial charge in [-0.05, 0) is 33.1 Å². The van der Waals surface area contributed by atoms with Gasteiger partial charge in [-0.15, -0.1) is 0 Å². The minimum atomic E-state index is -0.00969. The second kappa shape index (κ2) is 7.92. The van der Waals surface area contributed by atoms with Crippen molar-refractivity contribution < 1.29 is 9.21 Å². The van der Waals surface area contributed by atoms with Crippen LogP contribution in [0.15, 0.2) is 41.1 Å². The molecule has 4 rings (SSSR count). The number of hydrogen-bond acceptors (Lipinski definition) is 5. The molecule has 0 aliphatic heterocycles. The van der Waals surface area contributed by atoms with Crippen molar-refractivity contribution in [3.63, 3.8) is 0 Å². The number of carbonyl (C=O) groups is 1. The first-order chi connectivity index (χ1) is 13.6. The van der Waals surface area contributed by atoms with Crippen LogP contribution in [0.3, 0.4) is 0 Å². The van der Waals surface area contributed by atoms with E-state index >= 15 is 0 Å². The summed E-state index contributed by atoms with van der Waals surface area (Å²) in [6, 6.07) is 8.09. The lowest BCUT2D eigenvalue weighted by Crippen LogP contribution is -2.31. The fourth-order valence-corrected chi connectivity index (χ4v) is 3.56. The van der Waals surface area contributed by atoms with Crippen LogP contribution in [0.1, 0.15) is 53.8 Å². The summed E-state index contributed by atoms with van der Waals surface area (Å²) in [5.74, 6) is 2.07. The zero-order valence-electron chi connectivity index (χ0n) is 16.2. The number of nitrogens with one attached hydrogen (secondary N) is 1. The summed E-state index contributed by atoms with van der Waals surface area (Å²) in [7, 11) is 0. The molecule has 0 spiro atoms. The van der Waals surface area contributed by atoms with Gasteiger partial charge in [-0.2, -0.15) is 0 Å². The van der Waals surface area contributed by atoms with Gasteiger partial charge in [0.05, 0.1) is 12.2 Å². The molecule has 0 fully saturated rings. The first-order valence-electron chi connectivity index (χ1n) is 9.72. The molecule has 1 aliphatic carbocycles. The maximum atomic E-state index is 12.5. The van der Waals surface area contributed by atoms with Gasteiger partial charge >= 0.3 is 0 Å². The number of fused-ring (bicyclic) bond motifs is 1. The standard InChI is InChI=1S/C22H24N4O2/c1-14-6-8-16(9-7-14)20-13-24-22(28-20)11-10-21(27)26-19-5-3-4-18-17(19)12-23-15(2)25-18/h6-9,12-13,19H,3-5,10-11H2,1-2H3,(H,26,27). The molecular weight excluding hydrogens is 352 g/mol. The topological polar surface area (TPSA) is 80.9 Å². The molecule has 0 saturated heterocycles. The number of amides is 1. The highest BCUT2D eigenvalue weighted by Crippen LogP contribution is 2.28. The number of aromatic nitrogens is 3. The molecule has 1 atom stereocenters. The number of carbonyl (C=O) groups excluding carboxylic acids is 1. The Balaban J connectivity index is 1.35. The molecule has 1 aliphatic rings. The van der Waals surface area contributed by atoms with E-state index in [1.54, 1.807) is 6.20 Å². The fourth-order valence-electron chi connectivity index (χ4n) is 3.56. The second-order valence-electron chi connectivity index (χ2n) is 7.32. The summed E-state index contributed by atoms with van der Waals surface area (Å²) in [4.78, 5) is 25.6. The quantitative estimate of drug-likeness (QED) is 0.731. The Morgan fingerprint density at radius 3 is 2.82 bits per heavy atom.